The maximum Gasteiger partial charge on any atom is 0.330 e. The Bertz CT molecular complexity index is 787. The maximum absolute atomic E-state index is 12.1. The molecule has 0 N–H and O–H groups in total. The Morgan fingerprint density at radius 1 is 0.923 bits per heavy atom. The van der Waals surface area contributed by atoms with Gasteiger partial charge in [-0.3, -0.25) is 4.79 Å². The molecule has 26 heavy (non-hydrogen) atoms. The van der Waals surface area contributed by atoms with Crippen molar-refractivity contribution in [3.8, 4) is 0 Å². The SMILES string of the molecule is CCCCOC(=O)/C=C/c1ccc(/C=C/C(=O)c2ccc(Br)cc2)cc1. The standard InChI is InChI=1S/C22H21BrO3/c1-2-3-16-26-22(25)15-9-18-6-4-17(5-7-18)8-14-21(24)19-10-12-20(23)13-11-19/h4-15H,2-3,16H2,1H3/b14-8+,15-9+. The van der Waals surface area contributed by atoms with Gasteiger partial charge in [0.1, 0.15) is 0 Å². The fourth-order valence-corrected chi connectivity index (χ4v) is 2.39. The van der Waals surface area contributed by atoms with Gasteiger partial charge in [-0.2, -0.15) is 0 Å². The Labute approximate surface area is 162 Å². The molecule has 2 aromatic carbocycles. The molecule has 2 rings (SSSR count). The normalized spacial score (nSPS) is 11.2. The maximum atomic E-state index is 12.1. The van der Waals surface area contributed by atoms with Crippen LogP contribution in [0.4, 0.5) is 0 Å². The lowest BCUT2D eigenvalue weighted by Crippen LogP contribution is -2.01. The molecule has 4 heteroatoms. The molecule has 0 aliphatic carbocycles. The van der Waals surface area contributed by atoms with Crippen LogP contribution in [0.1, 0.15) is 41.3 Å². The van der Waals surface area contributed by atoms with Gasteiger partial charge < -0.3 is 4.74 Å². The second kappa shape index (κ2) is 10.5. The molecule has 0 fully saturated rings. The first-order valence-electron chi connectivity index (χ1n) is 8.51. The highest BCUT2D eigenvalue weighted by molar-refractivity contribution is 9.10. The summed E-state index contributed by atoms with van der Waals surface area (Å²) < 4.78 is 6.01. The van der Waals surface area contributed by atoms with Gasteiger partial charge in [0.2, 0.25) is 0 Å². The molecule has 0 saturated carbocycles. The summed E-state index contributed by atoms with van der Waals surface area (Å²) in [7, 11) is 0. The summed E-state index contributed by atoms with van der Waals surface area (Å²) in [6.45, 7) is 2.50. The van der Waals surface area contributed by atoms with E-state index >= 15 is 0 Å². The number of hydrogen-bond acceptors (Lipinski definition) is 3. The Hall–Kier alpha value is -2.46. The lowest BCUT2D eigenvalue weighted by atomic mass is 10.1. The summed E-state index contributed by atoms with van der Waals surface area (Å²) in [5.41, 5.74) is 2.46. The quantitative estimate of drug-likeness (QED) is 0.241. The Morgan fingerprint density at radius 3 is 2.08 bits per heavy atom. The van der Waals surface area contributed by atoms with Gasteiger partial charge in [-0.1, -0.05) is 59.6 Å². The molecule has 3 nitrogen and oxygen atoms in total. The van der Waals surface area contributed by atoms with Crippen molar-refractivity contribution in [1.82, 2.24) is 0 Å². The summed E-state index contributed by atoms with van der Waals surface area (Å²) in [6, 6.07) is 14.8. The molecule has 0 aliphatic heterocycles. The Balaban J connectivity index is 1.91. The fourth-order valence-electron chi connectivity index (χ4n) is 2.13. The van der Waals surface area contributed by atoms with E-state index in [0.717, 1.165) is 28.4 Å². The third kappa shape index (κ3) is 6.81. The molecule has 0 radical (unpaired) electrons. The van der Waals surface area contributed by atoms with Crippen LogP contribution in [0.2, 0.25) is 0 Å². The van der Waals surface area contributed by atoms with Crippen LogP contribution >= 0.6 is 15.9 Å². The van der Waals surface area contributed by atoms with E-state index in [1.165, 1.54) is 6.08 Å². The van der Waals surface area contributed by atoms with Gasteiger partial charge in [0, 0.05) is 16.1 Å². The van der Waals surface area contributed by atoms with Gasteiger partial charge in [0.05, 0.1) is 6.61 Å². The van der Waals surface area contributed by atoms with Crippen molar-refractivity contribution in [3.63, 3.8) is 0 Å². The van der Waals surface area contributed by atoms with Crippen molar-refractivity contribution >= 4 is 39.8 Å². The molecule has 0 aliphatic rings. The lowest BCUT2D eigenvalue weighted by molar-refractivity contribution is -0.137. The molecule has 0 atom stereocenters. The number of hydrogen-bond donors (Lipinski definition) is 0. The highest BCUT2D eigenvalue weighted by Crippen LogP contribution is 2.13. The van der Waals surface area contributed by atoms with Gasteiger partial charge in [0.15, 0.2) is 5.78 Å². The second-order valence-electron chi connectivity index (χ2n) is 5.73. The van der Waals surface area contributed by atoms with Gasteiger partial charge >= 0.3 is 5.97 Å². The van der Waals surface area contributed by atoms with Crippen LogP contribution in [0.15, 0.2) is 65.2 Å². The van der Waals surface area contributed by atoms with Gasteiger partial charge in [0.25, 0.3) is 0 Å². The highest BCUT2D eigenvalue weighted by atomic mass is 79.9. The van der Waals surface area contributed by atoms with Crippen LogP contribution in [0.3, 0.4) is 0 Å². The predicted molar refractivity (Wildman–Crippen MR) is 109 cm³/mol. The van der Waals surface area contributed by atoms with E-state index in [9.17, 15) is 9.59 Å². The van der Waals surface area contributed by atoms with Crippen molar-refractivity contribution in [1.29, 1.82) is 0 Å². The number of rotatable bonds is 8. The van der Waals surface area contributed by atoms with Crippen molar-refractivity contribution in [3.05, 3.63) is 81.8 Å². The van der Waals surface area contributed by atoms with E-state index < -0.39 is 0 Å². The van der Waals surface area contributed by atoms with Crippen LogP contribution in [0.25, 0.3) is 12.2 Å². The average molecular weight is 413 g/mol. The molecule has 0 heterocycles. The van der Waals surface area contributed by atoms with E-state index in [2.05, 4.69) is 15.9 Å². The Morgan fingerprint density at radius 2 is 1.50 bits per heavy atom. The first-order valence-corrected chi connectivity index (χ1v) is 9.30. The molecule has 2 aromatic rings. The van der Waals surface area contributed by atoms with E-state index in [1.54, 1.807) is 30.4 Å². The summed E-state index contributed by atoms with van der Waals surface area (Å²) >= 11 is 3.35. The number of esters is 1. The largest absolute Gasteiger partial charge is 0.463 e. The van der Waals surface area contributed by atoms with E-state index in [4.69, 9.17) is 4.74 Å². The number of benzene rings is 2. The predicted octanol–water partition coefficient (Wildman–Crippen LogP) is 5.70. The third-order valence-corrected chi connectivity index (χ3v) is 4.18. The second-order valence-corrected chi connectivity index (χ2v) is 6.64. The van der Waals surface area contributed by atoms with Crippen molar-refractivity contribution in [2.45, 2.75) is 19.8 Å². The van der Waals surface area contributed by atoms with Crippen LogP contribution in [-0.4, -0.2) is 18.4 Å². The zero-order chi connectivity index (χ0) is 18.8. The minimum atomic E-state index is -0.331. The molecular formula is C22H21BrO3. The van der Waals surface area contributed by atoms with Crippen molar-refractivity contribution in [2.75, 3.05) is 6.61 Å². The van der Waals surface area contributed by atoms with Crippen LogP contribution in [0, 0.1) is 0 Å². The molecule has 134 valence electrons. The first kappa shape index (κ1) is 19.9. The van der Waals surface area contributed by atoms with Gasteiger partial charge in [-0.25, -0.2) is 4.79 Å². The summed E-state index contributed by atoms with van der Waals surface area (Å²) in [6.07, 6.45) is 8.35. The molecule has 0 bridgehead atoms. The number of carbonyl (C=O) groups is 2. The van der Waals surface area contributed by atoms with Crippen molar-refractivity contribution < 1.29 is 14.3 Å². The Kier molecular flexibility index (Phi) is 8.03. The number of carbonyl (C=O) groups excluding carboxylic acids is 2. The minimum Gasteiger partial charge on any atom is -0.463 e. The molecule has 0 saturated heterocycles. The number of halogens is 1. The van der Waals surface area contributed by atoms with E-state index in [0.29, 0.717) is 12.2 Å². The number of ether oxygens (including phenoxy) is 1. The van der Waals surface area contributed by atoms with E-state index in [-0.39, 0.29) is 11.8 Å². The molecular weight excluding hydrogens is 392 g/mol. The summed E-state index contributed by atoms with van der Waals surface area (Å²) in [5, 5.41) is 0. The molecule has 0 amide bonds. The molecule has 0 aromatic heterocycles. The van der Waals surface area contributed by atoms with Crippen LogP contribution in [0.5, 0.6) is 0 Å². The minimum absolute atomic E-state index is 0.0451. The monoisotopic (exact) mass is 412 g/mol. The highest BCUT2D eigenvalue weighted by Gasteiger charge is 2.01. The van der Waals surface area contributed by atoms with Crippen molar-refractivity contribution in [2.24, 2.45) is 0 Å². The molecule has 0 spiro atoms. The molecule has 0 unspecified atom stereocenters. The van der Waals surface area contributed by atoms with Gasteiger partial charge in [-0.05, 0) is 54.0 Å². The third-order valence-electron chi connectivity index (χ3n) is 3.65. The van der Waals surface area contributed by atoms with Crippen LogP contribution < -0.4 is 0 Å². The van der Waals surface area contributed by atoms with Gasteiger partial charge in [-0.15, -0.1) is 0 Å². The summed E-state index contributed by atoms with van der Waals surface area (Å²) in [4.78, 5) is 23.6. The van der Waals surface area contributed by atoms with E-state index in [1.807, 2.05) is 43.3 Å². The fraction of sp³-hybridized carbons (Fsp3) is 0.182. The zero-order valence-corrected chi connectivity index (χ0v) is 16.2. The first-order chi connectivity index (χ1) is 12.6. The topological polar surface area (TPSA) is 43.4 Å². The lowest BCUT2D eigenvalue weighted by Gasteiger charge is -2.00. The summed E-state index contributed by atoms with van der Waals surface area (Å²) in [5.74, 6) is -0.376. The van der Waals surface area contributed by atoms with Crippen LogP contribution in [-0.2, 0) is 9.53 Å². The number of allylic oxidation sites excluding steroid dienone is 1. The number of ketones is 1. The zero-order valence-electron chi connectivity index (χ0n) is 14.7. The smallest absolute Gasteiger partial charge is 0.330 e. The number of unbranched alkanes of at least 4 members (excludes halogenated alkanes) is 1. The average Bonchev–Trinajstić information content (AvgIpc) is 2.66.